The molecule has 0 aliphatic rings. The minimum atomic E-state index is 0.865. The molecule has 0 fully saturated rings. The Morgan fingerprint density at radius 2 is 2.33 bits per heavy atom. The number of rotatable bonds is 4. The number of aromatic nitrogens is 2. The number of anilines is 1. The van der Waals surface area contributed by atoms with Crippen LogP contribution in [0.15, 0.2) is 17.4 Å². The van der Waals surface area contributed by atoms with E-state index in [-0.39, 0.29) is 0 Å². The third kappa shape index (κ3) is 2.70. The summed E-state index contributed by atoms with van der Waals surface area (Å²) in [5.74, 6) is 0.865. The first-order chi connectivity index (χ1) is 5.86. The lowest BCUT2D eigenvalue weighted by Crippen LogP contribution is -2.02. The lowest BCUT2D eigenvalue weighted by molar-refractivity contribution is 0.949. The molecule has 1 heterocycles. The Balaban J connectivity index is 2.60. The second kappa shape index (κ2) is 4.98. The molecular formula is C8H13N3S. The van der Waals surface area contributed by atoms with Crippen LogP contribution in [0.25, 0.3) is 0 Å². The quantitative estimate of drug-likeness (QED) is 0.725. The fourth-order valence-electron chi connectivity index (χ4n) is 0.785. The van der Waals surface area contributed by atoms with Crippen LogP contribution in [0.2, 0.25) is 0 Å². The van der Waals surface area contributed by atoms with Gasteiger partial charge in [-0.05, 0) is 12.7 Å². The van der Waals surface area contributed by atoms with Gasteiger partial charge in [-0.2, -0.15) is 0 Å². The Hall–Kier alpha value is -0.770. The fraction of sp³-hybridized carbons (Fsp3) is 0.500. The highest BCUT2D eigenvalue weighted by Crippen LogP contribution is 2.11. The van der Waals surface area contributed by atoms with Gasteiger partial charge in [0.2, 0.25) is 0 Å². The molecule has 0 aliphatic carbocycles. The molecular weight excluding hydrogens is 170 g/mol. The summed E-state index contributed by atoms with van der Waals surface area (Å²) in [6.45, 7) is 3.07. The van der Waals surface area contributed by atoms with Gasteiger partial charge in [0, 0.05) is 6.54 Å². The van der Waals surface area contributed by atoms with Gasteiger partial charge in [0.15, 0.2) is 0 Å². The zero-order valence-corrected chi connectivity index (χ0v) is 8.19. The molecule has 66 valence electrons. The van der Waals surface area contributed by atoms with E-state index in [1.54, 1.807) is 24.2 Å². The maximum Gasteiger partial charge on any atom is 0.145 e. The van der Waals surface area contributed by atoms with Crippen molar-refractivity contribution in [2.45, 2.75) is 18.4 Å². The van der Waals surface area contributed by atoms with Gasteiger partial charge >= 0.3 is 0 Å². The van der Waals surface area contributed by atoms with E-state index in [1.807, 2.05) is 6.26 Å². The van der Waals surface area contributed by atoms with Crippen molar-refractivity contribution in [3.05, 3.63) is 12.4 Å². The van der Waals surface area contributed by atoms with Gasteiger partial charge in [0.05, 0.1) is 12.4 Å². The summed E-state index contributed by atoms with van der Waals surface area (Å²) in [4.78, 5) is 8.38. The number of thioether (sulfide) groups is 1. The van der Waals surface area contributed by atoms with Crippen molar-refractivity contribution in [2.24, 2.45) is 0 Å². The molecule has 0 aliphatic heterocycles. The van der Waals surface area contributed by atoms with E-state index < -0.39 is 0 Å². The first kappa shape index (κ1) is 9.32. The van der Waals surface area contributed by atoms with Crippen LogP contribution in [-0.4, -0.2) is 22.8 Å². The van der Waals surface area contributed by atoms with Crippen molar-refractivity contribution in [3.8, 4) is 0 Å². The van der Waals surface area contributed by atoms with E-state index in [1.165, 1.54) is 0 Å². The molecule has 0 bridgehead atoms. The van der Waals surface area contributed by atoms with Crippen LogP contribution in [0.1, 0.15) is 13.3 Å². The van der Waals surface area contributed by atoms with Gasteiger partial charge in [-0.3, -0.25) is 4.98 Å². The van der Waals surface area contributed by atoms with Crippen LogP contribution in [0.4, 0.5) is 5.82 Å². The molecule has 1 aromatic heterocycles. The van der Waals surface area contributed by atoms with E-state index >= 15 is 0 Å². The summed E-state index contributed by atoms with van der Waals surface area (Å²) in [7, 11) is 0. The summed E-state index contributed by atoms with van der Waals surface area (Å²) >= 11 is 1.60. The SMILES string of the molecule is CCCNc1cncc(SC)n1. The number of hydrogen-bond donors (Lipinski definition) is 1. The van der Waals surface area contributed by atoms with E-state index in [4.69, 9.17) is 0 Å². The topological polar surface area (TPSA) is 37.8 Å². The Bertz CT molecular complexity index is 239. The number of nitrogens with zero attached hydrogens (tertiary/aromatic N) is 2. The average Bonchev–Trinajstić information content (AvgIpc) is 2.15. The standard InChI is InChI=1S/C8H13N3S/c1-3-4-10-7-5-9-6-8(11-7)12-2/h5-6H,3-4H2,1-2H3,(H,10,11). The van der Waals surface area contributed by atoms with Crippen LogP contribution in [0.3, 0.4) is 0 Å². The molecule has 0 radical (unpaired) electrons. The second-order valence-electron chi connectivity index (χ2n) is 2.37. The predicted molar refractivity (Wildman–Crippen MR) is 52.6 cm³/mol. The van der Waals surface area contributed by atoms with Crippen molar-refractivity contribution in [2.75, 3.05) is 18.1 Å². The molecule has 0 spiro atoms. The highest BCUT2D eigenvalue weighted by molar-refractivity contribution is 7.98. The molecule has 3 nitrogen and oxygen atoms in total. The van der Waals surface area contributed by atoms with Gasteiger partial charge in [-0.25, -0.2) is 4.98 Å². The van der Waals surface area contributed by atoms with Crippen LogP contribution in [0, 0.1) is 0 Å². The lowest BCUT2D eigenvalue weighted by atomic mass is 10.5. The summed E-state index contributed by atoms with van der Waals surface area (Å²) in [5.41, 5.74) is 0. The van der Waals surface area contributed by atoms with Crippen LogP contribution in [0.5, 0.6) is 0 Å². The summed E-state index contributed by atoms with van der Waals surface area (Å²) in [6.07, 6.45) is 6.61. The van der Waals surface area contributed by atoms with E-state index in [2.05, 4.69) is 22.2 Å². The van der Waals surface area contributed by atoms with Gasteiger partial charge in [-0.15, -0.1) is 11.8 Å². The maximum atomic E-state index is 4.32. The first-order valence-electron chi connectivity index (χ1n) is 3.96. The largest absolute Gasteiger partial charge is 0.369 e. The minimum Gasteiger partial charge on any atom is -0.369 e. The van der Waals surface area contributed by atoms with E-state index in [9.17, 15) is 0 Å². The van der Waals surface area contributed by atoms with Crippen LogP contribution in [-0.2, 0) is 0 Å². The second-order valence-corrected chi connectivity index (χ2v) is 3.20. The third-order valence-electron chi connectivity index (χ3n) is 1.38. The lowest BCUT2D eigenvalue weighted by Gasteiger charge is -2.03. The number of hydrogen-bond acceptors (Lipinski definition) is 4. The van der Waals surface area contributed by atoms with E-state index in [0.29, 0.717) is 0 Å². The fourth-order valence-corrected chi connectivity index (χ4v) is 1.14. The summed E-state index contributed by atoms with van der Waals surface area (Å²) in [5, 5.41) is 4.14. The van der Waals surface area contributed by atoms with E-state index in [0.717, 1.165) is 23.8 Å². The molecule has 1 aromatic rings. The van der Waals surface area contributed by atoms with Gasteiger partial charge < -0.3 is 5.32 Å². The van der Waals surface area contributed by atoms with Crippen LogP contribution < -0.4 is 5.32 Å². The number of nitrogens with one attached hydrogen (secondary N) is 1. The first-order valence-corrected chi connectivity index (χ1v) is 5.19. The molecule has 0 saturated heterocycles. The molecule has 12 heavy (non-hydrogen) atoms. The van der Waals surface area contributed by atoms with Gasteiger partial charge in [-0.1, -0.05) is 6.92 Å². The molecule has 0 atom stereocenters. The maximum absolute atomic E-state index is 4.32. The highest BCUT2D eigenvalue weighted by Gasteiger charge is 1.94. The smallest absolute Gasteiger partial charge is 0.145 e. The molecule has 4 heteroatoms. The summed E-state index contributed by atoms with van der Waals surface area (Å²) < 4.78 is 0. The Morgan fingerprint density at radius 3 is 3.00 bits per heavy atom. The normalized spacial score (nSPS) is 9.83. The Kier molecular flexibility index (Phi) is 3.87. The van der Waals surface area contributed by atoms with Crippen LogP contribution >= 0.6 is 11.8 Å². The molecule has 0 aromatic carbocycles. The third-order valence-corrected chi connectivity index (χ3v) is 1.99. The van der Waals surface area contributed by atoms with Gasteiger partial charge in [0.25, 0.3) is 0 Å². The molecule has 0 saturated carbocycles. The van der Waals surface area contributed by atoms with Crippen molar-refractivity contribution in [3.63, 3.8) is 0 Å². The minimum absolute atomic E-state index is 0.865. The molecule has 1 rings (SSSR count). The monoisotopic (exact) mass is 183 g/mol. The molecule has 1 N–H and O–H groups in total. The van der Waals surface area contributed by atoms with Crippen molar-refractivity contribution in [1.82, 2.24) is 9.97 Å². The van der Waals surface area contributed by atoms with Crippen molar-refractivity contribution < 1.29 is 0 Å². The predicted octanol–water partition coefficient (Wildman–Crippen LogP) is 2.02. The Morgan fingerprint density at radius 1 is 1.50 bits per heavy atom. The zero-order valence-electron chi connectivity index (χ0n) is 7.37. The van der Waals surface area contributed by atoms with Crippen molar-refractivity contribution in [1.29, 1.82) is 0 Å². The summed E-state index contributed by atoms with van der Waals surface area (Å²) in [6, 6.07) is 0. The van der Waals surface area contributed by atoms with Gasteiger partial charge in [0.1, 0.15) is 10.8 Å². The highest BCUT2D eigenvalue weighted by atomic mass is 32.2. The van der Waals surface area contributed by atoms with Crippen molar-refractivity contribution >= 4 is 17.6 Å². The molecule has 0 unspecified atom stereocenters. The average molecular weight is 183 g/mol. The Labute approximate surface area is 77.0 Å². The zero-order chi connectivity index (χ0) is 8.81. The molecule has 0 amide bonds.